The lowest BCUT2D eigenvalue weighted by atomic mass is 9.99. The molecule has 0 spiro atoms. The van der Waals surface area contributed by atoms with E-state index in [9.17, 15) is 9.59 Å². The van der Waals surface area contributed by atoms with E-state index in [2.05, 4.69) is 22.5 Å². The van der Waals surface area contributed by atoms with Gasteiger partial charge >= 0.3 is 6.03 Å². The van der Waals surface area contributed by atoms with Crippen LogP contribution in [0.4, 0.5) is 10.5 Å². The molecular weight excluding hydrogens is 356 g/mol. The number of pyridine rings is 1. The number of aromatic nitrogens is 1. The van der Waals surface area contributed by atoms with Gasteiger partial charge in [-0.25, -0.2) is 4.79 Å². The molecule has 2 aromatic rings. The number of ether oxygens (including phenoxy) is 1. The molecule has 7 nitrogen and oxygen atoms in total. The van der Waals surface area contributed by atoms with Crippen molar-refractivity contribution in [2.45, 2.75) is 26.3 Å². The average molecular weight is 382 g/mol. The van der Waals surface area contributed by atoms with Crippen LogP contribution in [0.2, 0.25) is 0 Å². The van der Waals surface area contributed by atoms with E-state index in [1.165, 1.54) is 6.42 Å². The highest BCUT2D eigenvalue weighted by atomic mass is 16.5. The van der Waals surface area contributed by atoms with Crippen LogP contribution in [0.1, 0.15) is 35.8 Å². The molecule has 1 fully saturated rings. The van der Waals surface area contributed by atoms with E-state index >= 15 is 0 Å². The number of anilines is 1. The van der Waals surface area contributed by atoms with Crippen molar-refractivity contribution >= 4 is 17.6 Å². The van der Waals surface area contributed by atoms with Crippen LogP contribution in [0.5, 0.6) is 5.75 Å². The van der Waals surface area contributed by atoms with Gasteiger partial charge in [-0.05, 0) is 49.1 Å². The number of hydrogen-bond acceptors (Lipinski definition) is 4. The number of methoxy groups -OCH3 is 1. The molecule has 148 valence electrons. The molecule has 1 atom stereocenters. The molecule has 2 heterocycles. The Morgan fingerprint density at radius 2 is 2.04 bits per heavy atom. The van der Waals surface area contributed by atoms with Gasteiger partial charge in [0.2, 0.25) is 0 Å². The zero-order chi connectivity index (χ0) is 19.9. The van der Waals surface area contributed by atoms with Crippen molar-refractivity contribution in [3.8, 4) is 5.75 Å². The van der Waals surface area contributed by atoms with E-state index < -0.39 is 0 Å². The molecule has 1 aromatic carbocycles. The number of carbonyl (C=O) groups is 2. The molecule has 7 heteroatoms. The van der Waals surface area contributed by atoms with Crippen LogP contribution in [-0.2, 0) is 6.54 Å². The number of rotatable bonds is 5. The largest absolute Gasteiger partial charge is 0.497 e. The van der Waals surface area contributed by atoms with Crippen LogP contribution in [0.25, 0.3) is 0 Å². The number of likely N-dealkylation sites (tertiary alicyclic amines) is 1. The van der Waals surface area contributed by atoms with Crippen molar-refractivity contribution in [1.29, 1.82) is 0 Å². The van der Waals surface area contributed by atoms with E-state index in [4.69, 9.17) is 4.74 Å². The van der Waals surface area contributed by atoms with Gasteiger partial charge in [-0.2, -0.15) is 0 Å². The van der Waals surface area contributed by atoms with Crippen LogP contribution < -0.4 is 15.4 Å². The fourth-order valence-corrected chi connectivity index (χ4v) is 3.28. The number of benzene rings is 1. The number of amides is 3. The zero-order valence-electron chi connectivity index (χ0n) is 16.3. The van der Waals surface area contributed by atoms with Gasteiger partial charge < -0.3 is 20.3 Å². The Labute approximate surface area is 165 Å². The number of urea groups is 1. The summed E-state index contributed by atoms with van der Waals surface area (Å²) < 4.78 is 5.14. The number of piperidine rings is 1. The number of carbonyl (C=O) groups excluding carboxylic acids is 2. The van der Waals surface area contributed by atoms with Crippen molar-refractivity contribution in [2.24, 2.45) is 5.92 Å². The molecule has 1 aliphatic rings. The number of nitrogens with one attached hydrogen (secondary N) is 2. The summed E-state index contributed by atoms with van der Waals surface area (Å²) in [4.78, 5) is 30.8. The molecule has 0 aliphatic carbocycles. The van der Waals surface area contributed by atoms with Crippen LogP contribution >= 0.6 is 0 Å². The SMILES string of the molecule is COc1ccnc(CNC(=O)Nc2ccc(C(=O)N3CCCC(C)C3)cc2)c1. The summed E-state index contributed by atoms with van der Waals surface area (Å²) >= 11 is 0. The summed E-state index contributed by atoms with van der Waals surface area (Å²) in [5.41, 5.74) is 1.96. The standard InChI is InChI=1S/C21H26N4O3/c1-15-4-3-11-25(14-15)20(26)16-5-7-17(8-6-16)24-21(27)23-13-18-12-19(28-2)9-10-22-18/h5-10,12,15H,3-4,11,13-14H2,1-2H3,(H2,23,24,27). The maximum Gasteiger partial charge on any atom is 0.319 e. The molecule has 1 unspecified atom stereocenters. The van der Waals surface area contributed by atoms with Crippen molar-refractivity contribution < 1.29 is 14.3 Å². The summed E-state index contributed by atoms with van der Waals surface area (Å²) in [7, 11) is 1.58. The van der Waals surface area contributed by atoms with Crippen LogP contribution in [0.3, 0.4) is 0 Å². The van der Waals surface area contributed by atoms with Crippen molar-refractivity contribution in [3.05, 3.63) is 53.9 Å². The monoisotopic (exact) mass is 382 g/mol. The molecule has 2 N–H and O–H groups in total. The fraction of sp³-hybridized carbons (Fsp3) is 0.381. The summed E-state index contributed by atoms with van der Waals surface area (Å²) in [5, 5.41) is 5.51. The highest BCUT2D eigenvalue weighted by molar-refractivity contribution is 5.95. The lowest BCUT2D eigenvalue weighted by Gasteiger charge is -2.31. The van der Waals surface area contributed by atoms with Gasteiger partial charge in [0.05, 0.1) is 19.3 Å². The average Bonchev–Trinajstić information content (AvgIpc) is 2.72. The van der Waals surface area contributed by atoms with Crippen LogP contribution in [0, 0.1) is 5.92 Å². The summed E-state index contributed by atoms with van der Waals surface area (Å²) in [6, 6.07) is 10.2. The molecule has 1 aromatic heterocycles. The highest BCUT2D eigenvalue weighted by Gasteiger charge is 2.21. The Morgan fingerprint density at radius 3 is 2.75 bits per heavy atom. The van der Waals surface area contributed by atoms with Gasteiger partial charge in [-0.15, -0.1) is 0 Å². The van der Waals surface area contributed by atoms with E-state index in [1.807, 2.05) is 4.90 Å². The van der Waals surface area contributed by atoms with E-state index in [-0.39, 0.29) is 18.5 Å². The Bertz CT molecular complexity index is 823. The molecular formula is C21H26N4O3. The van der Waals surface area contributed by atoms with E-state index in [0.29, 0.717) is 28.6 Å². The van der Waals surface area contributed by atoms with Gasteiger partial charge in [0.25, 0.3) is 5.91 Å². The normalized spacial score (nSPS) is 16.4. The van der Waals surface area contributed by atoms with E-state index in [1.54, 1.807) is 49.7 Å². The summed E-state index contributed by atoms with van der Waals surface area (Å²) in [6.07, 6.45) is 3.86. The Kier molecular flexibility index (Phi) is 6.47. The molecule has 0 saturated carbocycles. The molecule has 28 heavy (non-hydrogen) atoms. The summed E-state index contributed by atoms with van der Waals surface area (Å²) in [6.45, 7) is 4.07. The molecule has 0 radical (unpaired) electrons. The smallest absolute Gasteiger partial charge is 0.319 e. The van der Waals surface area contributed by atoms with Crippen LogP contribution in [0.15, 0.2) is 42.6 Å². The lowest BCUT2D eigenvalue weighted by Crippen LogP contribution is -2.39. The van der Waals surface area contributed by atoms with Crippen molar-refractivity contribution in [3.63, 3.8) is 0 Å². The van der Waals surface area contributed by atoms with Crippen molar-refractivity contribution in [1.82, 2.24) is 15.2 Å². The second-order valence-electron chi connectivity index (χ2n) is 7.07. The first-order valence-corrected chi connectivity index (χ1v) is 9.48. The first-order chi connectivity index (χ1) is 13.5. The molecule has 1 aliphatic heterocycles. The van der Waals surface area contributed by atoms with Gasteiger partial charge in [0, 0.05) is 36.6 Å². The lowest BCUT2D eigenvalue weighted by molar-refractivity contribution is 0.0683. The predicted octanol–water partition coefficient (Wildman–Crippen LogP) is 3.28. The predicted molar refractivity (Wildman–Crippen MR) is 107 cm³/mol. The van der Waals surface area contributed by atoms with Gasteiger partial charge in [0.1, 0.15) is 5.75 Å². The second kappa shape index (κ2) is 9.21. The Balaban J connectivity index is 1.52. The van der Waals surface area contributed by atoms with Crippen LogP contribution in [-0.4, -0.2) is 42.0 Å². The first kappa shape index (κ1) is 19.7. The third-order valence-electron chi connectivity index (χ3n) is 4.79. The minimum absolute atomic E-state index is 0.0478. The van der Waals surface area contributed by atoms with E-state index in [0.717, 1.165) is 19.5 Å². The zero-order valence-corrected chi connectivity index (χ0v) is 16.3. The first-order valence-electron chi connectivity index (χ1n) is 9.48. The topological polar surface area (TPSA) is 83.6 Å². The molecule has 3 amide bonds. The molecule has 0 bridgehead atoms. The highest BCUT2D eigenvalue weighted by Crippen LogP contribution is 2.19. The maximum absolute atomic E-state index is 12.6. The Morgan fingerprint density at radius 1 is 1.25 bits per heavy atom. The third kappa shape index (κ3) is 5.22. The van der Waals surface area contributed by atoms with Gasteiger partial charge in [-0.1, -0.05) is 6.92 Å². The molecule has 1 saturated heterocycles. The minimum atomic E-state index is -0.339. The minimum Gasteiger partial charge on any atom is -0.497 e. The number of nitrogens with zero attached hydrogens (tertiary/aromatic N) is 2. The third-order valence-corrected chi connectivity index (χ3v) is 4.79. The fourth-order valence-electron chi connectivity index (χ4n) is 3.28. The second-order valence-corrected chi connectivity index (χ2v) is 7.07. The Hall–Kier alpha value is -3.09. The maximum atomic E-state index is 12.6. The van der Waals surface area contributed by atoms with Crippen molar-refractivity contribution in [2.75, 3.05) is 25.5 Å². The summed E-state index contributed by atoms with van der Waals surface area (Å²) in [5.74, 6) is 1.28. The van der Waals surface area contributed by atoms with Gasteiger partial charge in [0.15, 0.2) is 0 Å². The molecule has 3 rings (SSSR count). The van der Waals surface area contributed by atoms with Gasteiger partial charge in [-0.3, -0.25) is 9.78 Å². The quantitative estimate of drug-likeness (QED) is 0.831. The number of hydrogen-bond donors (Lipinski definition) is 2.